The van der Waals surface area contributed by atoms with Gasteiger partial charge >= 0.3 is 0 Å². The predicted octanol–water partition coefficient (Wildman–Crippen LogP) is 2.25. The van der Waals surface area contributed by atoms with Crippen LogP contribution in [0.5, 0.6) is 0 Å². The molecule has 0 aliphatic carbocycles. The van der Waals surface area contributed by atoms with E-state index in [4.69, 9.17) is 4.18 Å². The minimum Gasteiger partial charge on any atom is -0.391 e. The lowest BCUT2D eigenvalue weighted by Gasteiger charge is -2.11. The van der Waals surface area contributed by atoms with E-state index in [0.717, 1.165) is 5.56 Å². The number of hydrogen-bond acceptors (Lipinski definition) is 4. The summed E-state index contributed by atoms with van der Waals surface area (Å²) in [4.78, 5) is 0.0303. The Morgan fingerprint density at radius 3 is 2.58 bits per heavy atom. The monoisotopic (exact) mass is 284 g/mol. The predicted molar refractivity (Wildman–Crippen MR) is 75.1 cm³/mol. The minimum absolute atomic E-state index is 0.0303. The molecule has 0 heterocycles. The molecule has 0 spiro atoms. The molecule has 0 aromatic heterocycles. The Labute approximate surface area is 114 Å². The quantitative estimate of drug-likeness (QED) is 0.744. The molecule has 1 aromatic carbocycles. The van der Waals surface area contributed by atoms with Crippen molar-refractivity contribution in [1.82, 2.24) is 0 Å². The first kappa shape index (κ1) is 15.9. The summed E-state index contributed by atoms with van der Waals surface area (Å²) >= 11 is 0. The second-order valence-corrected chi connectivity index (χ2v) is 6.03. The van der Waals surface area contributed by atoms with Gasteiger partial charge in [0.15, 0.2) is 0 Å². The van der Waals surface area contributed by atoms with Crippen molar-refractivity contribution in [3.8, 4) is 0 Å². The van der Waals surface area contributed by atoms with Gasteiger partial charge in [-0.1, -0.05) is 43.8 Å². The number of rotatable bonds is 8. The fourth-order valence-electron chi connectivity index (χ4n) is 1.49. The molecule has 1 rings (SSSR count). The molecule has 0 saturated heterocycles. The van der Waals surface area contributed by atoms with Crippen LogP contribution in [0.3, 0.4) is 0 Å². The van der Waals surface area contributed by atoms with Crippen LogP contribution in [0.1, 0.15) is 25.3 Å². The van der Waals surface area contributed by atoms with E-state index in [1.165, 1.54) is 0 Å². The third-order valence-corrected chi connectivity index (χ3v) is 4.21. The summed E-state index contributed by atoms with van der Waals surface area (Å²) in [5.41, 5.74) is 1.10. The van der Waals surface area contributed by atoms with Gasteiger partial charge in [0.25, 0.3) is 10.1 Å². The number of aryl methyl sites for hydroxylation is 1. The van der Waals surface area contributed by atoms with Crippen LogP contribution in [0.15, 0.2) is 41.8 Å². The highest BCUT2D eigenvalue weighted by Crippen LogP contribution is 2.12. The largest absolute Gasteiger partial charge is 0.391 e. The van der Waals surface area contributed by atoms with Crippen molar-refractivity contribution >= 4 is 10.1 Å². The molecule has 0 unspecified atom stereocenters. The molecule has 0 aliphatic rings. The second-order valence-electron chi connectivity index (χ2n) is 4.31. The molecule has 106 valence electrons. The maximum atomic E-state index is 11.5. The van der Waals surface area contributed by atoms with Crippen LogP contribution >= 0.6 is 0 Å². The Balaban J connectivity index is 2.36. The molecule has 5 heteroatoms. The van der Waals surface area contributed by atoms with Crippen LogP contribution in [0, 0.1) is 0 Å². The van der Waals surface area contributed by atoms with E-state index in [0.29, 0.717) is 19.3 Å². The van der Waals surface area contributed by atoms with Crippen LogP contribution in [0.4, 0.5) is 0 Å². The minimum atomic E-state index is -3.74. The summed E-state index contributed by atoms with van der Waals surface area (Å²) in [5.74, 6) is 0. The summed E-state index contributed by atoms with van der Waals surface area (Å²) in [5, 5.41) is 9.71. The number of aliphatic hydroxyl groups excluding tert-OH is 1. The summed E-state index contributed by atoms with van der Waals surface area (Å²) in [6, 6.07) is 9.69. The standard InChI is InChI=1S/C14H20O4S/c1-3-12(2)19(16,17)18-11-14(15)10-9-13-7-5-4-6-8-13/h4-8,14-15H,2-3,9-11H2,1H3/t14-/m0/s1. The van der Waals surface area contributed by atoms with Crippen molar-refractivity contribution < 1.29 is 17.7 Å². The molecule has 0 aliphatic heterocycles. The highest BCUT2D eigenvalue weighted by Gasteiger charge is 2.17. The average molecular weight is 284 g/mol. The molecule has 0 fully saturated rings. The Morgan fingerprint density at radius 1 is 1.37 bits per heavy atom. The molecule has 1 aromatic rings. The van der Waals surface area contributed by atoms with Crippen LogP contribution in [-0.4, -0.2) is 26.2 Å². The van der Waals surface area contributed by atoms with Crippen molar-refractivity contribution in [2.75, 3.05) is 6.61 Å². The summed E-state index contributed by atoms with van der Waals surface area (Å²) in [6.07, 6.45) is 0.639. The second kappa shape index (κ2) is 7.43. The molecular formula is C14H20O4S. The van der Waals surface area contributed by atoms with Gasteiger partial charge in [0.05, 0.1) is 17.6 Å². The first-order chi connectivity index (χ1) is 8.95. The Bertz CT molecular complexity index is 493. The van der Waals surface area contributed by atoms with Gasteiger partial charge in [-0.3, -0.25) is 4.18 Å². The molecule has 4 nitrogen and oxygen atoms in total. The highest BCUT2D eigenvalue weighted by atomic mass is 32.2. The Morgan fingerprint density at radius 2 is 2.00 bits per heavy atom. The highest BCUT2D eigenvalue weighted by molar-refractivity contribution is 7.90. The number of aliphatic hydroxyl groups is 1. The summed E-state index contributed by atoms with van der Waals surface area (Å²) < 4.78 is 27.8. The molecule has 19 heavy (non-hydrogen) atoms. The maximum absolute atomic E-state index is 11.5. The van der Waals surface area contributed by atoms with Crippen LogP contribution < -0.4 is 0 Å². The molecule has 0 bridgehead atoms. The zero-order valence-corrected chi connectivity index (χ0v) is 11.9. The van der Waals surface area contributed by atoms with Gasteiger partial charge in [0.1, 0.15) is 0 Å². The molecule has 0 radical (unpaired) electrons. The molecule has 1 N–H and O–H groups in total. The van der Waals surface area contributed by atoms with Crippen molar-refractivity contribution in [1.29, 1.82) is 0 Å². The third-order valence-electron chi connectivity index (χ3n) is 2.77. The van der Waals surface area contributed by atoms with Crippen molar-refractivity contribution in [2.24, 2.45) is 0 Å². The topological polar surface area (TPSA) is 63.6 Å². The van der Waals surface area contributed by atoms with Crippen molar-refractivity contribution in [2.45, 2.75) is 32.3 Å². The van der Waals surface area contributed by atoms with E-state index in [9.17, 15) is 13.5 Å². The van der Waals surface area contributed by atoms with E-state index in [1.54, 1.807) is 6.92 Å². The van der Waals surface area contributed by atoms with E-state index < -0.39 is 16.2 Å². The average Bonchev–Trinajstić information content (AvgIpc) is 2.43. The van der Waals surface area contributed by atoms with Crippen LogP contribution in [0.25, 0.3) is 0 Å². The van der Waals surface area contributed by atoms with Crippen LogP contribution in [-0.2, 0) is 20.7 Å². The maximum Gasteiger partial charge on any atom is 0.292 e. The summed E-state index contributed by atoms with van der Waals surface area (Å²) in [6.45, 7) is 4.88. The van der Waals surface area contributed by atoms with E-state index in [2.05, 4.69) is 6.58 Å². The zero-order valence-electron chi connectivity index (χ0n) is 11.1. The first-order valence-corrected chi connectivity index (χ1v) is 7.65. The zero-order chi connectivity index (χ0) is 14.3. The van der Waals surface area contributed by atoms with E-state index in [-0.39, 0.29) is 11.5 Å². The third kappa shape index (κ3) is 5.55. The molecular weight excluding hydrogens is 264 g/mol. The number of hydrogen-bond donors (Lipinski definition) is 1. The Kier molecular flexibility index (Phi) is 6.21. The fraction of sp³-hybridized carbons (Fsp3) is 0.429. The smallest absolute Gasteiger partial charge is 0.292 e. The van der Waals surface area contributed by atoms with Gasteiger partial charge in [-0.25, -0.2) is 0 Å². The lowest BCUT2D eigenvalue weighted by Crippen LogP contribution is -2.20. The SMILES string of the molecule is C=C(CC)S(=O)(=O)OC[C@@H](O)CCc1ccccc1. The van der Waals surface area contributed by atoms with Crippen molar-refractivity contribution in [3.63, 3.8) is 0 Å². The molecule has 0 saturated carbocycles. The Hall–Kier alpha value is -1.17. The first-order valence-electron chi connectivity index (χ1n) is 6.25. The van der Waals surface area contributed by atoms with Crippen LogP contribution in [0.2, 0.25) is 0 Å². The number of benzene rings is 1. The van der Waals surface area contributed by atoms with E-state index >= 15 is 0 Å². The number of allylic oxidation sites excluding steroid dienone is 1. The van der Waals surface area contributed by atoms with E-state index in [1.807, 2.05) is 30.3 Å². The van der Waals surface area contributed by atoms with Gasteiger partial charge in [-0.15, -0.1) is 0 Å². The van der Waals surface area contributed by atoms with Gasteiger partial charge < -0.3 is 5.11 Å². The summed E-state index contributed by atoms with van der Waals surface area (Å²) in [7, 11) is -3.74. The fourth-order valence-corrected chi connectivity index (χ4v) is 2.35. The van der Waals surface area contributed by atoms with Gasteiger partial charge in [-0.05, 0) is 24.8 Å². The van der Waals surface area contributed by atoms with Crippen molar-refractivity contribution in [3.05, 3.63) is 47.4 Å². The molecule has 0 amide bonds. The van der Waals surface area contributed by atoms with Gasteiger partial charge in [0.2, 0.25) is 0 Å². The molecule has 1 atom stereocenters. The lowest BCUT2D eigenvalue weighted by atomic mass is 10.1. The normalized spacial score (nSPS) is 13.2. The van der Waals surface area contributed by atoms with Gasteiger partial charge in [0, 0.05) is 0 Å². The van der Waals surface area contributed by atoms with Gasteiger partial charge in [-0.2, -0.15) is 8.42 Å². The lowest BCUT2D eigenvalue weighted by molar-refractivity contribution is 0.104.